The minimum absolute atomic E-state index is 0.0134. The highest BCUT2D eigenvalue weighted by molar-refractivity contribution is 9.10. The number of halogens is 3. The van der Waals surface area contributed by atoms with Crippen LogP contribution in [0.5, 0.6) is 0 Å². The molecule has 1 unspecified atom stereocenters. The summed E-state index contributed by atoms with van der Waals surface area (Å²) >= 11 is 3.40. The summed E-state index contributed by atoms with van der Waals surface area (Å²) < 4.78 is 28.6. The normalized spacial score (nSPS) is 15.7. The fraction of sp³-hybridized carbons (Fsp3) is 0.375. The summed E-state index contributed by atoms with van der Waals surface area (Å²) in [4.78, 5) is 4.51. The van der Waals surface area contributed by atoms with Gasteiger partial charge in [0.25, 0.3) is 0 Å². The van der Waals surface area contributed by atoms with Crippen LogP contribution in [0.25, 0.3) is 11.3 Å². The van der Waals surface area contributed by atoms with Gasteiger partial charge in [-0.05, 0) is 40.4 Å². The van der Waals surface area contributed by atoms with Crippen LogP contribution in [-0.2, 0) is 0 Å². The lowest BCUT2D eigenvalue weighted by molar-refractivity contribution is 0.0546. The second kappa shape index (κ2) is 6.62. The molecule has 0 spiro atoms. The van der Waals surface area contributed by atoms with Crippen molar-refractivity contribution in [2.24, 2.45) is 5.92 Å². The zero-order valence-corrected chi connectivity index (χ0v) is 14.7. The van der Waals surface area contributed by atoms with Crippen LogP contribution in [-0.4, -0.2) is 29.8 Å². The first-order valence-corrected chi connectivity index (χ1v) is 8.75. The average molecular weight is 409 g/mol. The molecule has 0 N–H and O–H groups in total. The van der Waals surface area contributed by atoms with Crippen LogP contribution in [0.3, 0.4) is 0 Å². The fourth-order valence-corrected chi connectivity index (χ4v) is 3.00. The van der Waals surface area contributed by atoms with Crippen molar-refractivity contribution in [2.45, 2.75) is 31.9 Å². The summed E-state index contributed by atoms with van der Waals surface area (Å²) in [6.45, 7) is -2.70. The van der Waals surface area contributed by atoms with E-state index in [0.717, 1.165) is 16.6 Å². The Morgan fingerprint density at radius 2 is 2.00 bits per heavy atom. The van der Waals surface area contributed by atoms with Crippen molar-refractivity contribution in [1.29, 1.82) is 0 Å². The second-order valence-corrected chi connectivity index (χ2v) is 7.08. The van der Waals surface area contributed by atoms with Gasteiger partial charge in [0, 0.05) is 22.4 Å². The molecule has 0 radical (unpaired) electrons. The van der Waals surface area contributed by atoms with Gasteiger partial charge in [-0.3, -0.25) is 9.67 Å². The van der Waals surface area contributed by atoms with E-state index in [0.29, 0.717) is 21.9 Å². The van der Waals surface area contributed by atoms with E-state index in [4.69, 9.17) is 0 Å². The molecule has 0 aromatic carbocycles. The minimum atomic E-state index is -2.70. The van der Waals surface area contributed by atoms with Crippen molar-refractivity contribution >= 4 is 15.9 Å². The Labute approximate surface area is 151 Å². The number of hydrogen-bond acceptors (Lipinski definition) is 4. The highest BCUT2D eigenvalue weighted by Gasteiger charge is 2.28. The van der Waals surface area contributed by atoms with Crippen LogP contribution in [0.1, 0.15) is 37.5 Å². The number of rotatable bonds is 6. The fourth-order valence-electron chi connectivity index (χ4n) is 2.76. The molecular weight excluding hydrogens is 394 g/mol. The summed E-state index contributed by atoms with van der Waals surface area (Å²) in [5.74, 6) is 0.683. The molecule has 3 aromatic rings. The quantitative estimate of drug-likeness (QED) is 0.616. The predicted molar refractivity (Wildman–Crippen MR) is 89.9 cm³/mol. The molecule has 4 rings (SSSR count). The smallest absolute Gasteiger partial charge is 0.263 e. The predicted octanol–water partition coefficient (Wildman–Crippen LogP) is 4.08. The van der Waals surface area contributed by atoms with Crippen LogP contribution in [0, 0.1) is 5.92 Å². The number of pyridine rings is 1. The third-order valence-electron chi connectivity index (χ3n) is 4.27. The molecule has 6 nitrogen and oxygen atoms in total. The van der Waals surface area contributed by atoms with Crippen LogP contribution in [0.15, 0.2) is 41.4 Å². The van der Waals surface area contributed by atoms with Crippen molar-refractivity contribution < 1.29 is 8.78 Å². The van der Waals surface area contributed by atoms with Crippen molar-refractivity contribution in [3.05, 3.63) is 47.1 Å². The average Bonchev–Trinajstić information content (AvgIpc) is 3.10. The van der Waals surface area contributed by atoms with Crippen molar-refractivity contribution in [2.75, 3.05) is 0 Å². The Morgan fingerprint density at radius 1 is 1.16 bits per heavy atom. The first-order valence-electron chi connectivity index (χ1n) is 7.96. The molecule has 1 saturated carbocycles. The van der Waals surface area contributed by atoms with E-state index in [-0.39, 0.29) is 6.04 Å². The zero-order valence-electron chi connectivity index (χ0n) is 13.1. The lowest BCUT2D eigenvalue weighted by Crippen LogP contribution is -2.13. The van der Waals surface area contributed by atoms with E-state index < -0.39 is 6.55 Å². The van der Waals surface area contributed by atoms with Crippen LogP contribution in [0.2, 0.25) is 0 Å². The van der Waals surface area contributed by atoms with E-state index in [9.17, 15) is 8.78 Å². The molecule has 1 aliphatic rings. The standard InChI is InChI=1S/C16H15BrF2N6/c17-12-3-4-13(20-7-12)15(5-10-1-2-10)24-8-11(6-21-24)14-9-25(16(18)19)23-22-14/h3-4,6-10,15-16H,1-2,5H2. The first-order chi connectivity index (χ1) is 12.1. The van der Waals surface area contributed by atoms with Gasteiger partial charge in [-0.15, -0.1) is 5.10 Å². The molecule has 0 aliphatic heterocycles. The Hall–Kier alpha value is -2.16. The maximum absolute atomic E-state index is 12.7. The third kappa shape index (κ3) is 3.60. The topological polar surface area (TPSA) is 61.4 Å². The van der Waals surface area contributed by atoms with E-state index >= 15 is 0 Å². The SMILES string of the molecule is FC(F)n1cc(-c2cnn(C(CC3CC3)c3ccc(Br)cn3)c2)nn1. The van der Waals surface area contributed by atoms with Crippen LogP contribution in [0.4, 0.5) is 8.78 Å². The maximum atomic E-state index is 12.7. The summed E-state index contributed by atoms with van der Waals surface area (Å²) in [5.41, 5.74) is 1.96. The summed E-state index contributed by atoms with van der Waals surface area (Å²) in [7, 11) is 0. The molecule has 25 heavy (non-hydrogen) atoms. The molecule has 3 aromatic heterocycles. The van der Waals surface area contributed by atoms with Gasteiger partial charge in [0.15, 0.2) is 0 Å². The van der Waals surface area contributed by atoms with Crippen LogP contribution < -0.4 is 0 Å². The van der Waals surface area contributed by atoms with E-state index in [1.807, 2.05) is 23.0 Å². The molecule has 0 bridgehead atoms. The van der Waals surface area contributed by atoms with Gasteiger partial charge in [-0.2, -0.15) is 18.6 Å². The molecule has 1 atom stereocenters. The highest BCUT2D eigenvalue weighted by atomic mass is 79.9. The molecule has 1 fully saturated rings. The summed E-state index contributed by atoms with van der Waals surface area (Å²) in [5, 5.41) is 11.7. The number of aromatic nitrogens is 6. The maximum Gasteiger partial charge on any atom is 0.334 e. The summed E-state index contributed by atoms with van der Waals surface area (Å²) in [6, 6.07) is 3.95. The Morgan fingerprint density at radius 3 is 2.64 bits per heavy atom. The van der Waals surface area contributed by atoms with Gasteiger partial charge in [0.2, 0.25) is 0 Å². The zero-order chi connectivity index (χ0) is 17.4. The minimum Gasteiger partial charge on any atom is -0.263 e. The van der Waals surface area contributed by atoms with Gasteiger partial charge in [-0.25, -0.2) is 0 Å². The Balaban J connectivity index is 1.63. The lowest BCUT2D eigenvalue weighted by atomic mass is 10.1. The Bertz CT molecular complexity index is 856. The molecule has 3 heterocycles. The van der Waals surface area contributed by atoms with Gasteiger partial charge in [0.1, 0.15) is 5.69 Å². The van der Waals surface area contributed by atoms with Gasteiger partial charge < -0.3 is 0 Å². The van der Waals surface area contributed by atoms with Crippen LogP contribution >= 0.6 is 15.9 Å². The van der Waals surface area contributed by atoms with E-state index in [2.05, 4.69) is 36.3 Å². The molecule has 0 amide bonds. The number of alkyl halides is 2. The van der Waals surface area contributed by atoms with Crippen molar-refractivity contribution in [1.82, 2.24) is 29.8 Å². The molecule has 130 valence electrons. The highest BCUT2D eigenvalue weighted by Crippen LogP contribution is 2.39. The molecule has 1 aliphatic carbocycles. The van der Waals surface area contributed by atoms with Crippen molar-refractivity contribution in [3.63, 3.8) is 0 Å². The summed E-state index contributed by atoms with van der Waals surface area (Å²) in [6.07, 6.45) is 9.84. The molecule has 0 saturated heterocycles. The molecular formula is C16H15BrF2N6. The lowest BCUT2D eigenvalue weighted by Gasteiger charge is -2.17. The largest absolute Gasteiger partial charge is 0.334 e. The first kappa shape index (κ1) is 16.3. The van der Waals surface area contributed by atoms with E-state index in [1.165, 1.54) is 19.0 Å². The second-order valence-electron chi connectivity index (χ2n) is 6.17. The van der Waals surface area contributed by atoms with E-state index in [1.54, 1.807) is 12.4 Å². The Kier molecular flexibility index (Phi) is 4.32. The van der Waals surface area contributed by atoms with Crippen molar-refractivity contribution in [3.8, 4) is 11.3 Å². The number of hydrogen-bond donors (Lipinski definition) is 0. The van der Waals surface area contributed by atoms with Gasteiger partial charge in [-0.1, -0.05) is 18.1 Å². The van der Waals surface area contributed by atoms with Gasteiger partial charge >= 0.3 is 6.55 Å². The third-order valence-corrected chi connectivity index (χ3v) is 4.74. The number of nitrogens with zero attached hydrogens (tertiary/aromatic N) is 6. The monoisotopic (exact) mass is 408 g/mol. The molecule has 9 heteroatoms. The van der Waals surface area contributed by atoms with Gasteiger partial charge in [0.05, 0.1) is 24.1 Å².